The minimum atomic E-state index is -0.464. The molecule has 3 heteroatoms. The van der Waals surface area contributed by atoms with Crippen LogP contribution in [0.2, 0.25) is 0 Å². The van der Waals surface area contributed by atoms with E-state index < -0.39 is 4.08 Å². The first-order valence-electron chi connectivity index (χ1n) is 6.65. The Morgan fingerprint density at radius 3 is 2.21 bits per heavy atom. The molecule has 0 aliphatic heterocycles. The average Bonchev–Trinajstić information content (AvgIpc) is 2.28. The highest BCUT2D eigenvalue weighted by Crippen LogP contribution is 2.44. The highest BCUT2D eigenvalue weighted by atomic mass is 32.2. The van der Waals surface area contributed by atoms with Crippen LogP contribution in [0, 0.1) is 11.3 Å². The normalized spacial score (nSPS) is 14.2. The van der Waals surface area contributed by atoms with Crippen LogP contribution in [0.1, 0.15) is 46.1 Å². The van der Waals surface area contributed by atoms with Crippen LogP contribution in [-0.4, -0.2) is 5.78 Å². The molecule has 0 aliphatic carbocycles. The average molecular weight is 297 g/mol. The second-order valence-corrected chi connectivity index (χ2v) is 8.03. The van der Waals surface area contributed by atoms with Crippen molar-refractivity contribution in [2.24, 2.45) is 11.3 Å². The number of thiol groups is 2. The van der Waals surface area contributed by atoms with Crippen molar-refractivity contribution in [1.29, 1.82) is 0 Å². The van der Waals surface area contributed by atoms with E-state index in [9.17, 15) is 4.79 Å². The maximum Gasteiger partial charge on any atom is 0.130 e. The van der Waals surface area contributed by atoms with Gasteiger partial charge in [0.2, 0.25) is 0 Å². The molecule has 0 radical (unpaired) electrons. The zero-order valence-corrected chi connectivity index (χ0v) is 14.0. The van der Waals surface area contributed by atoms with Crippen molar-refractivity contribution in [2.45, 2.75) is 44.6 Å². The lowest BCUT2D eigenvalue weighted by atomic mass is 9.73. The second-order valence-electron chi connectivity index (χ2n) is 6.16. The summed E-state index contributed by atoms with van der Waals surface area (Å²) >= 11 is 9.43. The van der Waals surface area contributed by atoms with Gasteiger partial charge in [-0.25, -0.2) is 0 Å². The van der Waals surface area contributed by atoms with Crippen LogP contribution < -0.4 is 0 Å². The summed E-state index contributed by atoms with van der Waals surface area (Å²) in [5.74, 6) is 0.590. The van der Waals surface area contributed by atoms with E-state index in [1.165, 1.54) is 0 Å². The van der Waals surface area contributed by atoms with Crippen LogP contribution in [0.15, 0.2) is 30.3 Å². The molecular formula is C16H24OS2. The lowest BCUT2D eigenvalue weighted by molar-refractivity contribution is -0.119. The standard InChI is InChI=1S/C16H24OS2/c1-12(15(3,4)11-13(2)17)10-16(18,19)14-8-6-5-7-9-14/h5-9,12,18-19H,10-11H2,1-4H3. The third-order valence-electron chi connectivity index (χ3n) is 3.87. The van der Waals surface area contributed by atoms with Gasteiger partial charge in [0.1, 0.15) is 5.78 Å². The summed E-state index contributed by atoms with van der Waals surface area (Å²) in [6.07, 6.45) is 1.42. The Morgan fingerprint density at radius 1 is 1.21 bits per heavy atom. The SMILES string of the molecule is CC(=O)CC(C)(C)C(C)CC(S)(S)c1ccccc1. The molecule has 1 rings (SSSR count). The van der Waals surface area contributed by atoms with Crippen molar-refractivity contribution < 1.29 is 4.79 Å². The second kappa shape index (κ2) is 6.36. The number of hydrogen-bond donors (Lipinski definition) is 2. The van der Waals surface area contributed by atoms with Crippen LogP contribution in [0.3, 0.4) is 0 Å². The predicted molar refractivity (Wildman–Crippen MR) is 89.0 cm³/mol. The van der Waals surface area contributed by atoms with E-state index in [4.69, 9.17) is 25.3 Å². The van der Waals surface area contributed by atoms with Crippen molar-refractivity contribution in [2.75, 3.05) is 0 Å². The van der Waals surface area contributed by atoms with Gasteiger partial charge < -0.3 is 4.79 Å². The Balaban J connectivity index is 2.81. The van der Waals surface area contributed by atoms with Gasteiger partial charge in [-0.3, -0.25) is 0 Å². The Morgan fingerprint density at radius 2 is 1.74 bits per heavy atom. The van der Waals surface area contributed by atoms with E-state index in [2.05, 4.69) is 20.8 Å². The number of rotatable bonds is 6. The number of hydrogen-bond acceptors (Lipinski definition) is 3. The summed E-state index contributed by atoms with van der Waals surface area (Å²) in [7, 11) is 0. The largest absolute Gasteiger partial charge is 0.300 e. The highest BCUT2D eigenvalue weighted by molar-refractivity contribution is 7.99. The maximum absolute atomic E-state index is 11.4. The third kappa shape index (κ3) is 4.88. The number of carbonyl (C=O) groups is 1. The van der Waals surface area contributed by atoms with Crippen LogP contribution in [0.4, 0.5) is 0 Å². The van der Waals surface area contributed by atoms with Gasteiger partial charge in [0.25, 0.3) is 0 Å². The van der Waals surface area contributed by atoms with Gasteiger partial charge in [-0.1, -0.05) is 51.1 Å². The first kappa shape index (κ1) is 16.6. The zero-order chi connectivity index (χ0) is 14.7. The lowest BCUT2D eigenvalue weighted by Crippen LogP contribution is -2.28. The van der Waals surface area contributed by atoms with E-state index in [1.807, 2.05) is 30.3 Å². The Kier molecular flexibility index (Phi) is 5.57. The van der Waals surface area contributed by atoms with Crippen LogP contribution in [0.5, 0.6) is 0 Å². The zero-order valence-electron chi connectivity index (χ0n) is 12.2. The smallest absolute Gasteiger partial charge is 0.130 e. The van der Waals surface area contributed by atoms with E-state index in [1.54, 1.807) is 6.92 Å². The Bertz CT molecular complexity index is 424. The molecule has 1 atom stereocenters. The molecule has 0 aromatic heterocycles. The van der Waals surface area contributed by atoms with E-state index in [0.29, 0.717) is 12.3 Å². The summed E-state index contributed by atoms with van der Waals surface area (Å²) in [5, 5.41) is 0. The first-order valence-corrected chi connectivity index (χ1v) is 7.54. The molecule has 0 fully saturated rings. The van der Waals surface area contributed by atoms with Gasteiger partial charge in [0.15, 0.2) is 0 Å². The fourth-order valence-electron chi connectivity index (χ4n) is 2.34. The minimum absolute atomic E-state index is 0.0304. The van der Waals surface area contributed by atoms with Crippen LogP contribution in [-0.2, 0) is 8.87 Å². The number of carbonyl (C=O) groups excluding carboxylic acids is 1. The number of ketones is 1. The lowest BCUT2D eigenvalue weighted by Gasteiger charge is -2.36. The summed E-state index contributed by atoms with van der Waals surface area (Å²) in [6, 6.07) is 10.1. The molecular weight excluding hydrogens is 272 g/mol. The molecule has 1 unspecified atom stereocenters. The molecule has 0 saturated heterocycles. The van der Waals surface area contributed by atoms with Crippen molar-refractivity contribution in [3.05, 3.63) is 35.9 Å². The van der Waals surface area contributed by atoms with Gasteiger partial charge in [-0.15, -0.1) is 0 Å². The summed E-state index contributed by atoms with van der Waals surface area (Å²) in [6.45, 7) is 8.11. The molecule has 19 heavy (non-hydrogen) atoms. The van der Waals surface area contributed by atoms with E-state index >= 15 is 0 Å². The van der Waals surface area contributed by atoms with Gasteiger partial charge in [0.05, 0.1) is 4.08 Å². The molecule has 0 heterocycles. The number of Topliss-reactive ketones (excluding diaryl/α,β-unsaturated/α-hetero) is 1. The third-order valence-corrected chi connectivity index (χ3v) is 4.75. The van der Waals surface area contributed by atoms with Gasteiger partial charge in [-0.2, -0.15) is 25.3 Å². The molecule has 106 valence electrons. The molecule has 1 aromatic rings. The molecule has 1 nitrogen and oxygen atoms in total. The quantitative estimate of drug-likeness (QED) is 0.573. The first-order chi connectivity index (χ1) is 8.65. The fourth-order valence-corrected chi connectivity index (χ4v) is 3.19. The van der Waals surface area contributed by atoms with Crippen molar-refractivity contribution in [1.82, 2.24) is 0 Å². The maximum atomic E-state index is 11.4. The molecule has 0 saturated carbocycles. The molecule has 0 spiro atoms. The summed E-state index contributed by atoms with van der Waals surface area (Å²) < 4.78 is -0.464. The van der Waals surface area contributed by atoms with Crippen molar-refractivity contribution >= 4 is 31.0 Å². The molecule has 0 N–H and O–H groups in total. The van der Waals surface area contributed by atoms with Crippen molar-refractivity contribution in [3.8, 4) is 0 Å². The molecule has 0 bridgehead atoms. The predicted octanol–water partition coefficient (Wildman–Crippen LogP) is 4.73. The highest BCUT2D eigenvalue weighted by Gasteiger charge is 2.34. The number of benzene rings is 1. The molecule has 0 amide bonds. The topological polar surface area (TPSA) is 17.1 Å². The fraction of sp³-hybridized carbons (Fsp3) is 0.562. The van der Waals surface area contributed by atoms with Gasteiger partial charge in [-0.05, 0) is 30.2 Å². The molecule has 0 aliphatic rings. The summed E-state index contributed by atoms with van der Waals surface area (Å²) in [5.41, 5.74) is 1.07. The molecule has 1 aromatic carbocycles. The van der Waals surface area contributed by atoms with Gasteiger partial charge >= 0.3 is 0 Å². The van der Waals surface area contributed by atoms with Gasteiger partial charge in [0, 0.05) is 6.42 Å². The monoisotopic (exact) mass is 296 g/mol. The Labute approximate surface area is 128 Å². The summed E-state index contributed by atoms with van der Waals surface area (Å²) in [4.78, 5) is 11.4. The van der Waals surface area contributed by atoms with Crippen molar-refractivity contribution in [3.63, 3.8) is 0 Å². The van der Waals surface area contributed by atoms with E-state index in [0.717, 1.165) is 12.0 Å². The van der Waals surface area contributed by atoms with Crippen LogP contribution in [0.25, 0.3) is 0 Å². The minimum Gasteiger partial charge on any atom is -0.300 e. The van der Waals surface area contributed by atoms with E-state index in [-0.39, 0.29) is 11.2 Å². The Hall–Kier alpha value is -0.410. The van der Waals surface area contributed by atoms with Crippen LogP contribution >= 0.6 is 25.3 Å².